The third-order valence-electron chi connectivity index (χ3n) is 3.46. The number of halogens is 1. The predicted molar refractivity (Wildman–Crippen MR) is 79.8 cm³/mol. The molecule has 1 fully saturated rings. The fraction of sp³-hybridized carbons (Fsp3) is 0.786. The van der Waals surface area contributed by atoms with Crippen LogP contribution in [0.25, 0.3) is 0 Å². The minimum Gasteiger partial charge on any atom is -0.389 e. The van der Waals surface area contributed by atoms with Crippen LogP contribution in [0, 0.1) is 0 Å². The van der Waals surface area contributed by atoms with E-state index in [0.29, 0.717) is 19.1 Å². The van der Waals surface area contributed by atoms with E-state index in [4.69, 9.17) is 9.47 Å². The molecule has 2 rings (SSSR count). The van der Waals surface area contributed by atoms with Crippen molar-refractivity contribution in [2.45, 2.75) is 51.4 Å². The molecule has 1 atom stereocenters. The molecule has 0 spiro atoms. The van der Waals surface area contributed by atoms with Gasteiger partial charge in [0.15, 0.2) is 0 Å². The van der Waals surface area contributed by atoms with Gasteiger partial charge in [0.25, 0.3) is 0 Å². The van der Waals surface area contributed by atoms with Gasteiger partial charge in [-0.1, -0.05) is 13.8 Å². The Kier molecular flexibility index (Phi) is 6.01. The summed E-state index contributed by atoms with van der Waals surface area (Å²) in [5, 5.41) is 14.4. The van der Waals surface area contributed by atoms with E-state index < -0.39 is 6.10 Å². The summed E-state index contributed by atoms with van der Waals surface area (Å²) in [6.45, 7) is 6.54. The standard InChI is InChI=1S/C14H23BrN2O3/c1-10(2)14-13(15)7-16-17(14)8-11(18)9-20-12-3-5-19-6-4-12/h7,10-12,18H,3-6,8-9H2,1-2H3. The van der Waals surface area contributed by atoms with Crippen molar-refractivity contribution < 1.29 is 14.6 Å². The highest BCUT2D eigenvalue weighted by Gasteiger charge is 2.18. The molecule has 1 aromatic heterocycles. The molecular formula is C14H23BrN2O3. The molecule has 0 aromatic carbocycles. The van der Waals surface area contributed by atoms with E-state index in [9.17, 15) is 5.11 Å². The zero-order valence-electron chi connectivity index (χ0n) is 12.1. The van der Waals surface area contributed by atoms with Gasteiger partial charge in [0, 0.05) is 13.2 Å². The molecule has 6 heteroatoms. The summed E-state index contributed by atoms with van der Waals surface area (Å²) in [7, 11) is 0. The van der Waals surface area contributed by atoms with Crippen molar-refractivity contribution in [1.29, 1.82) is 0 Å². The van der Waals surface area contributed by atoms with Gasteiger partial charge in [-0.15, -0.1) is 0 Å². The molecule has 5 nitrogen and oxygen atoms in total. The number of ether oxygens (including phenoxy) is 2. The van der Waals surface area contributed by atoms with Crippen LogP contribution in [0.15, 0.2) is 10.7 Å². The van der Waals surface area contributed by atoms with Crippen LogP contribution in [0.5, 0.6) is 0 Å². The summed E-state index contributed by atoms with van der Waals surface area (Å²) >= 11 is 3.50. The lowest BCUT2D eigenvalue weighted by atomic mass is 10.1. The van der Waals surface area contributed by atoms with Gasteiger partial charge in [0.1, 0.15) is 0 Å². The number of aliphatic hydroxyl groups excluding tert-OH is 1. The Morgan fingerprint density at radius 3 is 2.85 bits per heavy atom. The number of hydrogen-bond donors (Lipinski definition) is 1. The van der Waals surface area contributed by atoms with Crippen LogP contribution < -0.4 is 0 Å². The summed E-state index contributed by atoms with van der Waals surface area (Å²) in [6.07, 6.45) is 3.28. The second-order valence-electron chi connectivity index (χ2n) is 5.51. The second-order valence-corrected chi connectivity index (χ2v) is 6.37. The van der Waals surface area contributed by atoms with Crippen molar-refractivity contribution in [3.8, 4) is 0 Å². The van der Waals surface area contributed by atoms with Gasteiger partial charge in [0.05, 0.1) is 41.7 Å². The maximum absolute atomic E-state index is 10.1. The highest BCUT2D eigenvalue weighted by Crippen LogP contribution is 2.24. The molecule has 114 valence electrons. The van der Waals surface area contributed by atoms with Gasteiger partial charge in [-0.25, -0.2) is 0 Å². The lowest BCUT2D eigenvalue weighted by molar-refractivity contribution is -0.0623. The predicted octanol–water partition coefficient (Wildman–Crippen LogP) is 2.33. The van der Waals surface area contributed by atoms with Crippen LogP contribution >= 0.6 is 15.9 Å². The first-order valence-corrected chi connectivity index (χ1v) is 7.95. The molecule has 0 amide bonds. The molecule has 0 radical (unpaired) electrons. The van der Waals surface area contributed by atoms with Crippen LogP contribution in [0.1, 0.15) is 38.3 Å². The Morgan fingerprint density at radius 1 is 1.50 bits per heavy atom. The fourth-order valence-corrected chi connectivity index (χ4v) is 3.19. The van der Waals surface area contributed by atoms with Gasteiger partial charge in [-0.3, -0.25) is 4.68 Å². The first-order chi connectivity index (χ1) is 9.58. The van der Waals surface area contributed by atoms with E-state index in [2.05, 4.69) is 34.9 Å². The highest BCUT2D eigenvalue weighted by molar-refractivity contribution is 9.10. The van der Waals surface area contributed by atoms with Crippen molar-refractivity contribution in [3.63, 3.8) is 0 Å². The van der Waals surface area contributed by atoms with Gasteiger partial charge in [-0.05, 0) is 34.7 Å². The van der Waals surface area contributed by atoms with Gasteiger partial charge in [-0.2, -0.15) is 5.10 Å². The lowest BCUT2D eigenvalue weighted by Crippen LogP contribution is -2.30. The molecule has 1 saturated heterocycles. The van der Waals surface area contributed by atoms with Crippen molar-refractivity contribution in [1.82, 2.24) is 9.78 Å². The molecule has 1 aliphatic heterocycles. The Hall–Kier alpha value is -0.430. The summed E-state index contributed by atoms with van der Waals surface area (Å²) < 4.78 is 13.9. The van der Waals surface area contributed by atoms with Gasteiger partial charge in [0.2, 0.25) is 0 Å². The van der Waals surface area contributed by atoms with Crippen LogP contribution in [-0.4, -0.2) is 46.9 Å². The van der Waals surface area contributed by atoms with Crippen LogP contribution in [-0.2, 0) is 16.0 Å². The monoisotopic (exact) mass is 346 g/mol. The van der Waals surface area contributed by atoms with Crippen molar-refractivity contribution in [3.05, 3.63) is 16.4 Å². The number of rotatable bonds is 6. The molecule has 0 aliphatic carbocycles. The van der Waals surface area contributed by atoms with Gasteiger partial charge < -0.3 is 14.6 Å². The largest absolute Gasteiger partial charge is 0.389 e. The topological polar surface area (TPSA) is 56.5 Å². The molecule has 1 aromatic rings. The SMILES string of the molecule is CC(C)c1c(Br)cnn1CC(O)COC1CCOCC1. The third kappa shape index (κ3) is 4.28. The molecule has 20 heavy (non-hydrogen) atoms. The fourth-order valence-electron chi connectivity index (χ4n) is 2.43. The van der Waals surface area contributed by atoms with Crippen LogP contribution in [0.3, 0.4) is 0 Å². The number of aliphatic hydroxyl groups is 1. The quantitative estimate of drug-likeness (QED) is 0.858. The zero-order valence-corrected chi connectivity index (χ0v) is 13.7. The highest BCUT2D eigenvalue weighted by atomic mass is 79.9. The Labute approximate surface area is 128 Å². The molecule has 1 N–H and O–H groups in total. The number of hydrogen-bond acceptors (Lipinski definition) is 4. The van der Waals surface area contributed by atoms with E-state index in [1.54, 1.807) is 6.20 Å². The normalized spacial score (nSPS) is 18.6. The first kappa shape index (κ1) is 15.9. The van der Waals surface area contributed by atoms with Crippen LogP contribution in [0.4, 0.5) is 0 Å². The van der Waals surface area contributed by atoms with Crippen molar-refractivity contribution in [2.24, 2.45) is 0 Å². The summed E-state index contributed by atoms with van der Waals surface area (Å²) in [5.74, 6) is 0.357. The van der Waals surface area contributed by atoms with E-state index in [-0.39, 0.29) is 6.10 Å². The molecular weight excluding hydrogens is 324 g/mol. The number of nitrogens with zero attached hydrogens (tertiary/aromatic N) is 2. The van der Waals surface area contributed by atoms with Gasteiger partial charge >= 0.3 is 0 Å². The average molecular weight is 347 g/mol. The molecule has 1 unspecified atom stereocenters. The van der Waals surface area contributed by atoms with E-state index in [1.165, 1.54) is 0 Å². The smallest absolute Gasteiger partial charge is 0.0969 e. The summed E-state index contributed by atoms with van der Waals surface area (Å²) in [6, 6.07) is 0. The summed E-state index contributed by atoms with van der Waals surface area (Å²) in [5.41, 5.74) is 1.11. The third-order valence-corrected chi connectivity index (χ3v) is 4.07. The van der Waals surface area contributed by atoms with Crippen molar-refractivity contribution >= 4 is 15.9 Å². The Morgan fingerprint density at radius 2 is 2.20 bits per heavy atom. The van der Waals surface area contributed by atoms with Crippen molar-refractivity contribution in [2.75, 3.05) is 19.8 Å². The molecule has 1 aliphatic rings. The maximum Gasteiger partial charge on any atom is 0.0969 e. The molecule has 2 heterocycles. The first-order valence-electron chi connectivity index (χ1n) is 7.16. The van der Waals surface area contributed by atoms with Crippen LogP contribution in [0.2, 0.25) is 0 Å². The number of aromatic nitrogens is 2. The lowest BCUT2D eigenvalue weighted by Gasteiger charge is -2.24. The van der Waals surface area contributed by atoms with E-state index >= 15 is 0 Å². The van der Waals surface area contributed by atoms with E-state index in [1.807, 2.05) is 4.68 Å². The summed E-state index contributed by atoms with van der Waals surface area (Å²) in [4.78, 5) is 0. The Balaban J connectivity index is 1.83. The maximum atomic E-state index is 10.1. The average Bonchev–Trinajstić information content (AvgIpc) is 2.78. The minimum atomic E-state index is -0.540. The van der Waals surface area contributed by atoms with E-state index in [0.717, 1.165) is 36.2 Å². The molecule has 0 bridgehead atoms. The second kappa shape index (κ2) is 7.54. The Bertz CT molecular complexity index is 417. The minimum absolute atomic E-state index is 0.215. The zero-order chi connectivity index (χ0) is 14.5. The molecule has 0 saturated carbocycles.